The average molecular weight is 293 g/mol. The second-order valence-electron chi connectivity index (χ2n) is 4.16. The second kappa shape index (κ2) is 4.72. The molecule has 2 aromatic heterocycles. The molecule has 2 heterocycles. The molecule has 2 N–H and O–H groups in total. The summed E-state index contributed by atoms with van der Waals surface area (Å²) in [5.74, 6) is 1.01. The summed E-state index contributed by atoms with van der Waals surface area (Å²) in [4.78, 5) is 8.32. The van der Waals surface area contributed by atoms with Crippen molar-refractivity contribution in [3.8, 4) is 0 Å². The number of benzene rings is 1. The zero-order valence-corrected chi connectivity index (χ0v) is 11.4. The van der Waals surface area contributed by atoms with Crippen molar-refractivity contribution in [2.45, 2.75) is 6.42 Å². The SMILES string of the molecule is Nc1nc2nccn2cc1Cc1c(Cl)cccc1Cl. The monoisotopic (exact) mass is 292 g/mol. The minimum absolute atomic E-state index is 0.440. The number of hydrogen-bond donors (Lipinski definition) is 1. The first-order chi connectivity index (χ1) is 9.15. The van der Waals surface area contributed by atoms with Crippen LogP contribution in [0.1, 0.15) is 11.1 Å². The molecule has 4 nitrogen and oxygen atoms in total. The molecule has 0 fully saturated rings. The lowest BCUT2D eigenvalue weighted by atomic mass is 10.1. The van der Waals surface area contributed by atoms with Gasteiger partial charge in [-0.3, -0.25) is 4.40 Å². The smallest absolute Gasteiger partial charge is 0.235 e. The van der Waals surface area contributed by atoms with E-state index in [1.54, 1.807) is 6.20 Å². The number of hydrogen-bond acceptors (Lipinski definition) is 3. The molecule has 0 saturated heterocycles. The Morgan fingerprint density at radius 2 is 1.95 bits per heavy atom. The molecule has 0 bridgehead atoms. The molecule has 0 atom stereocenters. The van der Waals surface area contributed by atoms with Gasteiger partial charge in [-0.1, -0.05) is 29.3 Å². The minimum Gasteiger partial charge on any atom is -0.383 e. The quantitative estimate of drug-likeness (QED) is 0.789. The first-order valence-electron chi connectivity index (χ1n) is 5.66. The van der Waals surface area contributed by atoms with Gasteiger partial charge in [-0.15, -0.1) is 0 Å². The van der Waals surface area contributed by atoms with Gasteiger partial charge in [0.2, 0.25) is 5.78 Å². The maximum absolute atomic E-state index is 6.16. The molecule has 0 aliphatic heterocycles. The van der Waals surface area contributed by atoms with Crippen molar-refractivity contribution < 1.29 is 0 Å². The van der Waals surface area contributed by atoms with Gasteiger partial charge in [-0.2, -0.15) is 4.98 Å². The van der Waals surface area contributed by atoms with Crippen LogP contribution in [-0.2, 0) is 6.42 Å². The number of halogens is 2. The lowest BCUT2D eigenvalue weighted by Gasteiger charge is -2.09. The van der Waals surface area contributed by atoms with Crippen LogP contribution in [0.15, 0.2) is 36.8 Å². The number of nitrogens with two attached hydrogens (primary N) is 1. The van der Waals surface area contributed by atoms with E-state index in [4.69, 9.17) is 28.9 Å². The minimum atomic E-state index is 0.440. The van der Waals surface area contributed by atoms with Crippen LogP contribution in [0.25, 0.3) is 5.78 Å². The number of fused-ring (bicyclic) bond motifs is 1. The van der Waals surface area contributed by atoms with Crippen molar-refractivity contribution >= 4 is 34.8 Å². The van der Waals surface area contributed by atoms with Gasteiger partial charge in [-0.25, -0.2) is 4.98 Å². The van der Waals surface area contributed by atoms with E-state index in [2.05, 4.69) is 9.97 Å². The Morgan fingerprint density at radius 3 is 2.68 bits per heavy atom. The van der Waals surface area contributed by atoms with Crippen LogP contribution in [0.3, 0.4) is 0 Å². The summed E-state index contributed by atoms with van der Waals surface area (Å²) in [5, 5.41) is 1.25. The molecule has 0 radical (unpaired) electrons. The van der Waals surface area contributed by atoms with Crippen molar-refractivity contribution in [3.05, 3.63) is 58.0 Å². The number of nitrogen functional groups attached to an aromatic ring is 1. The number of anilines is 1. The van der Waals surface area contributed by atoms with E-state index in [-0.39, 0.29) is 0 Å². The highest BCUT2D eigenvalue weighted by Gasteiger charge is 2.10. The van der Waals surface area contributed by atoms with Crippen LogP contribution in [0.2, 0.25) is 10.0 Å². The third-order valence-electron chi connectivity index (χ3n) is 2.92. The van der Waals surface area contributed by atoms with E-state index in [9.17, 15) is 0 Å². The summed E-state index contributed by atoms with van der Waals surface area (Å²) in [5.41, 5.74) is 7.65. The van der Waals surface area contributed by atoms with Crippen molar-refractivity contribution in [1.82, 2.24) is 14.4 Å². The zero-order chi connectivity index (χ0) is 13.4. The van der Waals surface area contributed by atoms with Gasteiger partial charge >= 0.3 is 0 Å². The van der Waals surface area contributed by atoms with Crippen LogP contribution in [-0.4, -0.2) is 14.4 Å². The number of aromatic nitrogens is 3. The molecule has 0 aliphatic carbocycles. The first kappa shape index (κ1) is 12.3. The Balaban J connectivity index is 2.07. The molecule has 3 rings (SSSR count). The number of imidazole rings is 1. The Morgan fingerprint density at radius 1 is 1.21 bits per heavy atom. The summed E-state index contributed by atoms with van der Waals surface area (Å²) in [7, 11) is 0. The van der Waals surface area contributed by atoms with Crippen LogP contribution >= 0.6 is 23.2 Å². The maximum Gasteiger partial charge on any atom is 0.235 e. The molecule has 0 unspecified atom stereocenters. The molecule has 0 aliphatic rings. The second-order valence-corrected chi connectivity index (χ2v) is 4.98. The molecular weight excluding hydrogens is 283 g/mol. The van der Waals surface area contributed by atoms with Crippen LogP contribution < -0.4 is 5.73 Å². The highest BCUT2D eigenvalue weighted by atomic mass is 35.5. The summed E-state index contributed by atoms with van der Waals surface area (Å²) in [6, 6.07) is 5.43. The highest BCUT2D eigenvalue weighted by molar-refractivity contribution is 6.36. The fourth-order valence-corrected chi connectivity index (χ4v) is 2.47. The summed E-state index contributed by atoms with van der Waals surface area (Å²) < 4.78 is 1.82. The van der Waals surface area contributed by atoms with E-state index in [0.29, 0.717) is 28.1 Å². The summed E-state index contributed by atoms with van der Waals surface area (Å²) in [6.45, 7) is 0. The van der Waals surface area contributed by atoms with Crippen LogP contribution in [0.4, 0.5) is 5.82 Å². The molecule has 1 aromatic carbocycles. The summed E-state index contributed by atoms with van der Waals surface area (Å²) in [6.07, 6.45) is 5.92. The summed E-state index contributed by atoms with van der Waals surface area (Å²) >= 11 is 12.3. The predicted octanol–water partition coefficient (Wildman–Crippen LogP) is 3.21. The Hall–Kier alpha value is -1.78. The van der Waals surface area contributed by atoms with Gasteiger partial charge in [0.05, 0.1) is 0 Å². The fraction of sp³-hybridized carbons (Fsp3) is 0.0769. The van der Waals surface area contributed by atoms with Crippen molar-refractivity contribution in [2.24, 2.45) is 0 Å². The molecule has 3 aromatic rings. The number of rotatable bonds is 2. The highest BCUT2D eigenvalue weighted by Crippen LogP contribution is 2.28. The van der Waals surface area contributed by atoms with E-state index in [1.807, 2.05) is 35.0 Å². The molecule has 0 spiro atoms. The Labute approximate surface area is 119 Å². The normalized spacial score (nSPS) is 11.1. The third kappa shape index (κ3) is 2.25. The van der Waals surface area contributed by atoms with Gasteiger partial charge in [0.25, 0.3) is 0 Å². The fourth-order valence-electron chi connectivity index (χ4n) is 1.93. The third-order valence-corrected chi connectivity index (χ3v) is 3.63. The van der Waals surface area contributed by atoms with Crippen LogP contribution in [0.5, 0.6) is 0 Å². The Kier molecular flexibility index (Phi) is 3.05. The van der Waals surface area contributed by atoms with Crippen molar-refractivity contribution in [3.63, 3.8) is 0 Å². The van der Waals surface area contributed by atoms with Gasteiger partial charge in [0, 0.05) is 40.6 Å². The average Bonchev–Trinajstić information content (AvgIpc) is 2.81. The van der Waals surface area contributed by atoms with E-state index < -0.39 is 0 Å². The van der Waals surface area contributed by atoms with E-state index in [1.165, 1.54) is 0 Å². The van der Waals surface area contributed by atoms with Gasteiger partial charge < -0.3 is 5.73 Å². The van der Waals surface area contributed by atoms with Gasteiger partial charge in [-0.05, 0) is 17.7 Å². The van der Waals surface area contributed by atoms with Crippen molar-refractivity contribution in [1.29, 1.82) is 0 Å². The molecule has 0 saturated carbocycles. The Bertz CT molecular complexity index is 731. The lowest BCUT2D eigenvalue weighted by molar-refractivity contribution is 1.05. The van der Waals surface area contributed by atoms with Gasteiger partial charge in [0.15, 0.2) is 0 Å². The number of nitrogens with zero attached hydrogens (tertiary/aromatic N) is 3. The van der Waals surface area contributed by atoms with E-state index in [0.717, 1.165) is 11.1 Å². The largest absolute Gasteiger partial charge is 0.383 e. The first-order valence-corrected chi connectivity index (χ1v) is 6.41. The van der Waals surface area contributed by atoms with E-state index >= 15 is 0 Å². The zero-order valence-electron chi connectivity index (χ0n) is 9.85. The molecule has 6 heteroatoms. The molecule has 19 heavy (non-hydrogen) atoms. The predicted molar refractivity (Wildman–Crippen MR) is 76.7 cm³/mol. The molecule has 96 valence electrons. The van der Waals surface area contributed by atoms with Gasteiger partial charge in [0.1, 0.15) is 5.82 Å². The molecule has 0 amide bonds. The van der Waals surface area contributed by atoms with Crippen molar-refractivity contribution in [2.75, 3.05) is 5.73 Å². The lowest BCUT2D eigenvalue weighted by Crippen LogP contribution is -2.03. The maximum atomic E-state index is 6.16. The molecular formula is C13H10Cl2N4. The van der Waals surface area contributed by atoms with Crippen LogP contribution in [0, 0.1) is 0 Å². The topological polar surface area (TPSA) is 56.2 Å². The standard InChI is InChI=1S/C13H10Cl2N4/c14-10-2-1-3-11(15)9(10)6-8-7-19-5-4-17-13(19)18-12(8)16/h1-5,7H,6H2,(H2,16,17,18).